The van der Waals surface area contributed by atoms with Crippen molar-refractivity contribution in [3.8, 4) is 11.8 Å². The number of cyclic esters (lactones) is 1. The molecule has 13 heteroatoms. The van der Waals surface area contributed by atoms with E-state index in [4.69, 9.17) is 23.4 Å². The van der Waals surface area contributed by atoms with Crippen LogP contribution in [0, 0.1) is 140 Å². The molecule has 0 amide bonds. The highest BCUT2D eigenvalue weighted by atomic mass is 16.7. The van der Waals surface area contributed by atoms with Crippen LogP contribution in [-0.2, 0) is 51.8 Å². The molecule has 19 aliphatic rings. The molecular formula is C79H92N2O11. The smallest absolute Gasteiger partial charge is 0.339 e. The van der Waals surface area contributed by atoms with Gasteiger partial charge in [-0.2, -0.15) is 0 Å². The SMILES string of the molecule is C[C@]12C[C@H]3C[C@@]45CCC[C@@H]4CC4=C[C@@H]6[C@]7(CC[C@@H]8C=CC[C@H]9[C@H]%10CCC[C@@H]%10C=C[C@@]689)O[C@]46[C@H]5C(=O)OC[C@@]64[C@@H]7C(=O)[C@@H](O)[C@]5([C@@H]6C[C@H](Cc7ccccc7)CC[C@H]6C#CC[C@@]1(c1ccoc1C[C@@H]([C@@H]1CC[C@H]6[C@H](C=CN7CNC[C@@H]67)C1)[C@H](O)CO)OC(=O)[C@H]1O[C@@]152)[C@H]34. The average molecular weight is 1250 g/mol. The third kappa shape index (κ3) is 6.20. The molecule has 484 valence electrons. The fourth-order valence-electron chi connectivity index (χ4n) is 30.2. The number of furan rings is 1. The summed E-state index contributed by atoms with van der Waals surface area (Å²) in [6.07, 6.45) is 33.2. The third-order valence-corrected chi connectivity index (χ3v) is 32.6. The fourth-order valence-corrected chi connectivity index (χ4v) is 30.2. The van der Waals surface area contributed by atoms with Crippen LogP contribution < -0.4 is 5.32 Å². The Morgan fingerprint density at radius 3 is 2.68 bits per heavy atom. The molecule has 14 fully saturated rings. The lowest BCUT2D eigenvalue weighted by Crippen LogP contribution is -2.84. The van der Waals surface area contributed by atoms with Crippen LogP contribution in [0.5, 0.6) is 0 Å². The van der Waals surface area contributed by atoms with Crippen LogP contribution in [0.2, 0.25) is 0 Å². The number of aliphatic hydroxyl groups is 3. The van der Waals surface area contributed by atoms with Crippen LogP contribution in [0.15, 0.2) is 95.3 Å². The average Bonchev–Trinajstić information content (AvgIpc) is 1.40. The molecule has 0 radical (unpaired) electrons. The van der Waals surface area contributed by atoms with Crippen molar-refractivity contribution in [2.45, 2.75) is 189 Å². The summed E-state index contributed by atoms with van der Waals surface area (Å²) in [5, 5.41) is 42.1. The van der Waals surface area contributed by atoms with Gasteiger partial charge in [0.2, 0.25) is 0 Å². The zero-order valence-electron chi connectivity index (χ0n) is 53.4. The number of hydrogen-bond acceptors (Lipinski definition) is 13. The number of carbonyl (C=O) groups is 3. The molecule has 21 rings (SSSR count). The van der Waals surface area contributed by atoms with Gasteiger partial charge < -0.3 is 43.6 Å². The largest absolute Gasteiger partial charge is 0.469 e. The van der Waals surface area contributed by atoms with Gasteiger partial charge in [0, 0.05) is 52.7 Å². The van der Waals surface area contributed by atoms with E-state index < -0.39 is 98.6 Å². The minimum absolute atomic E-state index is 0.0274. The van der Waals surface area contributed by atoms with Gasteiger partial charge in [-0.3, -0.25) is 14.9 Å². The number of allylic oxidation sites excluding steroid dienone is 5. The minimum atomic E-state index is -1.58. The quantitative estimate of drug-likeness (QED) is 0.0850. The summed E-state index contributed by atoms with van der Waals surface area (Å²) < 4.78 is 38.2. The van der Waals surface area contributed by atoms with E-state index in [0.29, 0.717) is 79.1 Å². The summed E-state index contributed by atoms with van der Waals surface area (Å²) in [5.74, 6) is 7.34. The second-order valence-electron chi connectivity index (χ2n) is 34.6. The first-order chi connectivity index (χ1) is 44.8. The highest BCUT2D eigenvalue weighted by Gasteiger charge is 3.00. The Balaban J connectivity index is 0.789. The van der Waals surface area contributed by atoms with E-state index in [1.807, 2.05) is 6.07 Å². The number of nitrogens with zero attached hydrogens (tertiary/aromatic N) is 1. The van der Waals surface area contributed by atoms with Crippen molar-refractivity contribution in [3.05, 3.63) is 108 Å². The Morgan fingerprint density at radius 1 is 0.891 bits per heavy atom. The lowest BCUT2D eigenvalue weighted by molar-refractivity contribution is -0.315. The highest BCUT2D eigenvalue weighted by Crippen LogP contribution is 2.92. The zero-order chi connectivity index (χ0) is 61.5. The first-order valence-electron chi connectivity index (χ1n) is 36.9. The molecule has 13 nitrogen and oxygen atoms in total. The summed E-state index contributed by atoms with van der Waals surface area (Å²) in [7, 11) is 0. The molecule has 9 bridgehead atoms. The van der Waals surface area contributed by atoms with Gasteiger partial charge in [0.1, 0.15) is 29.7 Å². The van der Waals surface area contributed by atoms with Crippen LogP contribution in [-0.4, -0.2) is 106 Å². The molecule has 1 aromatic carbocycles. The number of epoxide rings is 1. The van der Waals surface area contributed by atoms with E-state index in [9.17, 15) is 10.2 Å². The maximum atomic E-state index is 18.1. The number of carbonyl (C=O) groups excluding carboxylic acids is 3. The van der Waals surface area contributed by atoms with Crippen molar-refractivity contribution in [1.82, 2.24) is 10.2 Å². The number of rotatable bonds is 8. The molecule has 8 heterocycles. The number of fused-ring (bicyclic) bond motifs is 6. The Morgan fingerprint density at radius 2 is 1.79 bits per heavy atom. The van der Waals surface area contributed by atoms with E-state index in [1.165, 1.54) is 30.4 Å². The maximum Gasteiger partial charge on any atom is 0.339 e. The molecule has 4 N–H and O–H groups in total. The molecule has 1 aromatic heterocycles. The molecule has 5 saturated heterocycles. The van der Waals surface area contributed by atoms with Crippen LogP contribution in [0.1, 0.15) is 146 Å². The number of benzene rings is 1. The molecule has 0 unspecified atom stereocenters. The molecule has 30 atom stereocenters. The van der Waals surface area contributed by atoms with Gasteiger partial charge >= 0.3 is 11.9 Å². The number of Topliss-reactive ketones (excluding diaryl/α,β-unsaturated/α-hetero) is 1. The number of hydrogen-bond donors (Lipinski definition) is 4. The first kappa shape index (κ1) is 56.4. The third-order valence-electron chi connectivity index (χ3n) is 32.6. The van der Waals surface area contributed by atoms with Crippen LogP contribution in [0.4, 0.5) is 0 Å². The molecule has 12 aliphatic carbocycles. The van der Waals surface area contributed by atoms with Gasteiger partial charge in [0.25, 0.3) is 0 Å². The Bertz CT molecular complexity index is 3730. The maximum absolute atomic E-state index is 18.1. The molecular weight excluding hydrogens is 1150 g/mol. The second-order valence-corrected chi connectivity index (χ2v) is 34.6. The summed E-state index contributed by atoms with van der Waals surface area (Å²) in [5.41, 5.74) is -6.46. The van der Waals surface area contributed by atoms with Crippen molar-refractivity contribution < 1.29 is 53.1 Å². The van der Waals surface area contributed by atoms with Crippen LogP contribution in [0.3, 0.4) is 0 Å². The predicted octanol–water partition coefficient (Wildman–Crippen LogP) is 10.1. The minimum Gasteiger partial charge on any atom is -0.469 e. The van der Waals surface area contributed by atoms with Gasteiger partial charge in [-0.15, -0.1) is 0 Å². The second kappa shape index (κ2) is 18.6. The standard InChI is InChI=1S/C79H92N2O11/c1-71-37-49-38-72-25-8-14-51(72)34-52-35-62-73-27-21-45-11-5-15-53(45)56(73)16-6-13-50(73)22-28-75(62)65-63(84)67(85)77(64(49)74(65)41-89-69(86)66(72)78(52,74)92-75)58-32-44(31-43-9-3-2-4-10-43)17-18-46(58)12-7-26-76(71,91-70(87)68-79(71,77)90-68)57-24-30-88-61(57)36-55(60(83)40-82)47-19-20-54-48(33-47)23-29-81-42-80-39-59(54)81/h2-4,6,9-10,13,21,23-24,27,29-30,35,44-51,53-56,58-60,62,64-68,80,82-83,85H,5,8,11,14-20,22,25-26,28,31-34,36-42H2,1H3/t44-,45+,46+,47+,48+,49-,50-,51+,53-,54-,55-,56-,58+,59-,60+,62-,64+,65-,66-,67+,68+,71-,72-,73+,74+,75-,76-,77-,78-,79+/m0/s1. The van der Waals surface area contributed by atoms with E-state index in [2.05, 4.69) is 102 Å². The fraction of sp³-hybridized carbons (Fsp3) is 0.709. The number of aliphatic hydroxyl groups excluding tert-OH is 3. The van der Waals surface area contributed by atoms with E-state index in [1.54, 1.807) is 6.26 Å². The van der Waals surface area contributed by atoms with Crippen molar-refractivity contribution in [2.24, 2.45) is 128 Å². The number of ether oxygens (including phenoxy) is 4. The van der Waals surface area contributed by atoms with E-state index >= 15 is 19.5 Å². The zero-order valence-corrected chi connectivity index (χ0v) is 53.4. The summed E-state index contributed by atoms with van der Waals surface area (Å²) in [4.78, 5) is 53.0. The number of nitrogens with one attached hydrogen (secondary N) is 1. The first-order valence-corrected chi connectivity index (χ1v) is 36.9. The normalized spacial score (nSPS) is 54.3. The van der Waals surface area contributed by atoms with Crippen molar-refractivity contribution in [2.75, 3.05) is 26.4 Å². The van der Waals surface area contributed by atoms with Crippen molar-refractivity contribution in [1.29, 1.82) is 0 Å². The van der Waals surface area contributed by atoms with Gasteiger partial charge in [-0.25, -0.2) is 4.79 Å². The lowest BCUT2D eigenvalue weighted by atomic mass is 9.28. The summed E-state index contributed by atoms with van der Waals surface area (Å²) in [6.45, 7) is 3.77. The van der Waals surface area contributed by atoms with Crippen molar-refractivity contribution in [3.63, 3.8) is 0 Å². The lowest BCUT2D eigenvalue weighted by Gasteiger charge is -2.74. The highest BCUT2D eigenvalue weighted by molar-refractivity contribution is 5.94. The Labute approximate surface area is 540 Å². The molecule has 2 aromatic rings. The number of esters is 2. The van der Waals surface area contributed by atoms with Crippen molar-refractivity contribution >= 4 is 17.7 Å². The Kier molecular flexibility index (Phi) is 11.4. The topological polar surface area (TPSA) is 181 Å². The predicted molar refractivity (Wildman–Crippen MR) is 336 cm³/mol. The van der Waals surface area contributed by atoms with Gasteiger partial charge in [-0.1, -0.05) is 98.4 Å². The summed E-state index contributed by atoms with van der Waals surface area (Å²) >= 11 is 0. The monoisotopic (exact) mass is 1240 g/mol. The molecule has 7 aliphatic heterocycles. The van der Waals surface area contributed by atoms with Gasteiger partial charge in [0.05, 0.1) is 54.9 Å². The Hall–Kier alpha value is -4.81. The summed E-state index contributed by atoms with van der Waals surface area (Å²) in [6, 6.07) is 13.2. The molecule has 92 heavy (non-hydrogen) atoms. The number of ketones is 1. The molecule has 7 spiro atoms. The van der Waals surface area contributed by atoms with Crippen LogP contribution in [0.25, 0.3) is 0 Å². The van der Waals surface area contributed by atoms with E-state index in [-0.39, 0.29) is 77.5 Å². The van der Waals surface area contributed by atoms with E-state index in [0.717, 1.165) is 90.3 Å². The van der Waals surface area contributed by atoms with Crippen LogP contribution >= 0.6 is 0 Å². The molecule has 9 saturated carbocycles. The van der Waals surface area contributed by atoms with Gasteiger partial charge in [0.15, 0.2) is 17.5 Å². The van der Waals surface area contributed by atoms with Gasteiger partial charge in [-0.05, 0) is 215 Å².